The van der Waals surface area contributed by atoms with E-state index < -0.39 is 0 Å². The van der Waals surface area contributed by atoms with Crippen molar-refractivity contribution in [2.75, 3.05) is 33.4 Å². The molecule has 0 N–H and O–H groups in total. The van der Waals surface area contributed by atoms with Crippen molar-refractivity contribution >= 4 is 16.8 Å². The molecule has 1 aromatic heterocycles. The molecule has 1 aliphatic rings. The van der Waals surface area contributed by atoms with Gasteiger partial charge in [0, 0.05) is 30.7 Å². The van der Waals surface area contributed by atoms with Crippen molar-refractivity contribution in [3.8, 4) is 0 Å². The van der Waals surface area contributed by atoms with Crippen LogP contribution in [0, 0.1) is 12.7 Å². The third-order valence-electron chi connectivity index (χ3n) is 3.84. The fourth-order valence-corrected chi connectivity index (χ4v) is 2.75. The lowest BCUT2D eigenvalue weighted by atomic mass is 10.1. The first-order valence-electron chi connectivity index (χ1n) is 7.56. The summed E-state index contributed by atoms with van der Waals surface area (Å²) < 4.78 is 24.3. The molecule has 122 valence electrons. The maximum absolute atomic E-state index is 13.4. The van der Waals surface area contributed by atoms with Crippen molar-refractivity contribution in [2.45, 2.75) is 13.0 Å². The smallest absolute Gasteiger partial charge is 0.254 e. The van der Waals surface area contributed by atoms with Crippen LogP contribution in [0.15, 0.2) is 24.3 Å². The molecular weight excluding hydrogens is 299 g/mol. The average Bonchev–Trinajstić information content (AvgIpc) is 2.53. The summed E-state index contributed by atoms with van der Waals surface area (Å²) in [5.41, 5.74) is 1.68. The molecule has 0 saturated carbocycles. The van der Waals surface area contributed by atoms with E-state index >= 15 is 0 Å². The SMILES string of the molecule is Cc1cc(C(=O)N(C)C[C@@H]2COCCO2)c2ccc(F)cc2n1. The van der Waals surface area contributed by atoms with Gasteiger partial charge in [-0.25, -0.2) is 4.39 Å². The quantitative estimate of drug-likeness (QED) is 0.870. The van der Waals surface area contributed by atoms with E-state index in [0.717, 1.165) is 0 Å². The number of carbonyl (C=O) groups is 1. The minimum Gasteiger partial charge on any atom is -0.376 e. The molecule has 2 aromatic rings. The van der Waals surface area contributed by atoms with Gasteiger partial charge in [-0.2, -0.15) is 0 Å². The molecule has 3 rings (SSSR count). The zero-order valence-corrected chi connectivity index (χ0v) is 13.2. The number of halogens is 1. The van der Waals surface area contributed by atoms with Gasteiger partial charge in [0.1, 0.15) is 5.82 Å². The molecule has 1 amide bonds. The van der Waals surface area contributed by atoms with Crippen LogP contribution in [0.4, 0.5) is 4.39 Å². The maximum atomic E-state index is 13.4. The third kappa shape index (κ3) is 3.48. The molecule has 1 saturated heterocycles. The van der Waals surface area contributed by atoms with Gasteiger partial charge in [-0.3, -0.25) is 9.78 Å². The van der Waals surface area contributed by atoms with Crippen molar-refractivity contribution in [2.24, 2.45) is 0 Å². The number of benzene rings is 1. The standard InChI is InChI=1S/C17H19FN2O3/c1-11-7-15(14-4-3-12(18)8-16(14)19-11)17(21)20(2)9-13-10-22-5-6-23-13/h3-4,7-8,13H,5-6,9-10H2,1-2H3/t13-/m1/s1. The maximum Gasteiger partial charge on any atom is 0.254 e. The summed E-state index contributed by atoms with van der Waals surface area (Å²) in [5, 5.41) is 0.648. The fraction of sp³-hybridized carbons (Fsp3) is 0.412. The summed E-state index contributed by atoms with van der Waals surface area (Å²) >= 11 is 0. The van der Waals surface area contributed by atoms with E-state index in [1.807, 2.05) is 0 Å². The zero-order valence-electron chi connectivity index (χ0n) is 13.2. The van der Waals surface area contributed by atoms with Gasteiger partial charge in [-0.05, 0) is 25.1 Å². The third-order valence-corrected chi connectivity index (χ3v) is 3.84. The summed E-state index contributed by atoms with van der Waals surface area (Å²) in [6.45, 7) is 3.86. The highest BCUT2D eigenvalue weighted by Gasteiger charge is 2.22. The van der Waals surface area contributed by atoms with Gasteiger partial charge in [0.05, 0.1) is 37.0 Å². The van der Waals surface area contributed by atoms with Crippen molar-refractivity contribution in [3.63, 3.8) is 0 Å². The molecule has 6 heteroatoms. The normalized spacial score (nSPS) is 18.1. The molecule has 1 aliphatic heterocycles. The van der Waals surface area contributed by atoms with Gasteiger partial charge < -0.3 is 14.4 Å². The van der Waals surface area contributed by atoms with E-state index in [1.54, 1.807) is 31.0 Å². The second-order valence-electron chi connectivity index (χ2n) is 5.73. The Kier molecular flexibility index (Phi) is 4.54. The molecule has 0 spiro atoms. The van der Waals surface area contributed by atoms with Crippen molar-refractivity contribution < 1.29 is 18.7 Å². The van der Waals surface area contributed by atoms with Crippen LogP contribution in [0.2, 0.25) is 0 Å². The first kappa shape index (κ1) is 15.8. The highest BCUT2D eigenvalue weighted by Crippen LogP contribution is 2.21. The number of aromatic nitrogens is 1. The molecule has 23 heavy (non-hydrogen) atoms. The summed E-state index contributed by atoms with van der Waals surface area (Å²) in [7, 11) is 1.73. The molecule has 0 aliphatic carbocycles. The Bertz CT molecular complexity index is 724. The summed E-state index contributed by atoms with van der Waals surface area (Å²) in [4.78, 5) is 18.7. The van der Waals surface area contributed by atoms with E-state index in [2.05, 4.69) is 4.98 Å². The van der Waals surface area contributed by atoms with E-state index in [1.165, 1.54) is 12.1 Å². The van der Waals surface area contributed by atoms with Crippen LogP contribution in [-0.4, -0.2) is 55.3 Å². The molecule has 0 bridgehead atoms. The largest absolute Gasteiger partial charge is 0.376 e. The number of hydrogen-bond acceptors (Lipinski definition) is 4. The fourth-order valence-electron chi connectivity index (χ4n) is 2.75. The monoisotopic (exact) mass is 318 g/mol. The Hall–Kier alpha value is -2.05. The predicted octanol–water partition coefficient (Wildman–Crippen LogP) is 2.17. The minimum atomic E-state index is -0.366. The highest BCUT2D eigenvalue weighted by atomic mass is 19.1. The van der Waals surface area contributed by atoms with Crippen LogP contribution in [-0.2, 0) is 9.47 Å². The van der Waals surface area contributed by atoms with Crippen molar-refractivity contribution in [1.29, 1.82) is 0 Å². The number of aryl methyl sites for hydroxylation is 1. The predicted molar refractivity (Wildman–Crippen MR) is 84.0 cm³/mol. The van der Waals surface area contributed by atoms with E-state index in [9.17, 15) is 9.18 Å². The van der Waals surface area contributed by atoms with Crippen LogP contribution in [0.1, 0.15) is 16.1 Å². The van der Waals surface area contributed by atoms with Gasteiger partial charge in [-0.15, -0.1) is 0 Å². The van der Waals surface area contributed by atoms with Crippen LogP contribution in [0.3, 0.4) is 0 Å². The first-order valence-corrected chi connectivity index (χ1v) is 7.56. The Morgan fingerprint density at radius 2 is 2.22 bits per heavy atom. The highest BCUT2D eigenvalue weighted by molar-refractivity contribution is 6.06. The number of fused-ring (bicyclic) bond motifs is 1. The Morgan fingerprint density at radius 1 is 1.39 bits per heavy atom. The number of nitrogens with zero attached hydrogens (tertiary/aromatic N) is 2. The lowest BCUT2D eigenvalue weighted by Crippen LogP contribution is -2.40. The molecule has 0 radical (unpaired) electrons. The molecule has 1 fully saturated rings. The van der Waals surface area contributed by atoms with Crippen LogP contribution < -0.4 is 0 Å². The molecule has 0 unspecified atom stereocenters. The van der Waals surface area contributed by atoms with Gasteiger partial charge in [0.25, 0.3) is 5.91 Å². The van der Waals surface area contributed by atoms with Crippen molar-refractivity contribution in [1.82, 2.24) is 9.88 Å². The second-order valence-corrected chi connectivity index (χ2v) is 5.73. The van der Waals surface area contributed by atoms with Crippen LogP contribution in [0.25, 0.3) is 10.9 Å². The molecule has 1 aromatic carbocycles. The van der Waals surface area contributed by atoms with Gasteiger partial charge in [0.15, 0.2) is 0 Å². The molecule has 5 nitrogen and oxygen atoms in total. The minimum absolute atomic E-state index is 0.121. The lowest BCUT2D eigenvalue weighted by Gasteiger charge is -2.27. The number of hydrogen-bond donors (Lipinski definition) is 0. The van der Waals surface area contributed by atoms with Gasteiger partial charge >= 0.3 is 0 Å². The lowest BCUT2D eigenvalue weighted by molar-refractivity contribution is -0.0933. The molecule has 1 atom stereocenters. The van der Waals surface area contributed by atoms with E-state index in [0.29, 0.717) is 48.5 Å². The topological polar surface area (TPSA) is 51.7 Å². The average molecular weight is 318 g/mol. The van der Waals surface area contributed by atoms with Gasteiger partial charge in [-0.1, -0.05) is 0 Å². The molecule has 2 heterocycles. The number of likely N-dealkylation sites (N-methyl/N-ethyl adjacent to an activating group) is 1. The Labute approximate surface area is 134 Å². The first-order chi connectivity index (χ1) is 11.0. The second kappa shape index (κ2) is 6.60. The van der Waals surface area contributed by atoms with Crippen molar-refractivity contribution in [3.05, 3.63) is 41.3 Å². The number of pyridine rings is 1. The number of ether oxygens (including phenoxy) is 2. The molecular formula is C17H19FN2O3. The zero-order chi connectivity index (χ0) is 16.4. The number of carbonyl (C=O) groups excluding carboxylic acids is 1. The number of rotatable bonds is 3. The van der Waals surface area contributed by atoms with Crippen LogP contribution in [0.5, 0.6) is 0 Å². The Balaban J connectivity index is 1.87. The van der Waals surface area contributed by atoms with E-state index in [-0.39, 0.29) is 17.8 Å². The number of amides is 1. The van der Waals surface area contributed by atoms with E-state index in [4.69, 9.17) is 9.47 Å². The van der Waals surface area contributed by atoms with Gasteiger partial charge in [0.2, 0.25) is 0 Å². The summed E-state index contributed by atoms with van der Waals surface area (Å²) in [6, 6.07) is 6.01. The Morgan fingerprint density at radius 3 is 2.96 bits per heavy atom. The summed E-state index contributed by atoms with van der Waals surface area (Å²) in [6.07, 6.45) is -0.121. The summed E-state index contributed by atoms with van der Waals surface area (Å²) in [5.74, 6) is -0.503. The van der Waals surface area contributed by atoms with Crippen LogP contribution >= 0.6 is 0 Å².